The zero-order valence-corrected chi connectivity index (χ0v) is 20.3. The lowest BCUT2D eigenvalue weighted by Crippen LogP contribution is -2.34. The Balaban J connectivity index is 0.00000300. The Hall–Kier alpha value is -0.950. The van der Waals surface area contributed by atoms with Crippen LogP contribution in [0.3, 0.4) is 0 Å². The van der Waals surface area contributed by atoms with Gasteiger partial charge in [-0.15, -0.1) is 12.4 Å². The van der Waals surface area contributed by atoms with E-state index in [1.165, 1.54) is 68.2 Å². The van der Waals surface area contributed by atoms with Gasteiger partial charge in [0.1, 0.15) is 0 Å². The van der Waals surface area contributed by atoms with Crippen LogP contribution in [0.1, 0.15) is 103 Å². The van der Waals surface area contributed by atoms with Crippen LogP contribution in [0, 0.1) is 16.7 Å². The minimum Gasteiger partial charge on any atom is -0.386 e. The van der Waals surface area contributed by atoms with Gasteiger partial charge in [0.15, 0.2) is 0 Å². The molecule has 1 unspecified atom stereocenters. The van der Waals surface area contributed by atoms with Crippen molar-refractivity contribution in [1.29, 1.82) is 0 Å². The number of nitrogens with one attached hydrogen (secondary N) is 1. The molecule has 1 N–H and O–H groups in total. The molecule has 2 saturated carbocycles. The first-order chi connectivity index (χ1) is 13.1. The molecule has 0 aliphatic heterocycles. The summed E-state index contributed by atoms with van der Waals surface area (Å²) in [7, 11) is 0. The van der Waals surface area contributed by atoms with Gasteiger partial charge in [-0.3, -0.25) is 0 Å². The van der Waals surface area contributed by atoms with Crippen molar-refractivity contribution in [1.82, 2.24) is 5.32 Å². The van der Waals surface area contributed by atoms with E-state index in [1.54, 1.807) is 0 Å². The summed E-state index contributed by atoms with van der Waals surface area (Å²) in [4.78, 5) is 0. The van der Waals surface area contributed by atoms with Crippen LogP contribution in [0.5, 0.6) is 0 Å². The van der Waals surface area contributed by atoms with Crippen molar-refractivity contribution in [3.05, 3.63) is 47.7 Å². The van der Waals surface area contributed by atoms with E-state index < -0.39 is 0 Å². The van der Waals surface area contributed by atoms with E-state index in [-0.39, 0.29) is 12.4 Å². The lowest BCUT2D eigenvalue weighted by atomic mass is 9.60. The summed E-state index contributed by atoms with van der Waals surface area (Å²) in [5.41, 5.74) is 4.97. The van der Waals surface area contributed by atoms with Crippen LogP contribution in [0.2, 0.25) is 0 Å². The number of allylic oxidation sites excluding steroid dienone is 1. The standard InChI is InChI=1S/C27H43N.ClH/c1-20(28-21(2)23-10-8-7-9-11-23)16-22-12-14-24(15-13-22)25-17-26(3,4)19-27(5,6)18-25;/h12-15,21,23,25,28H,1,7-11,16-19H2,2-6H3;1H. The SMILES string of the molecule is C=C(Cc1ccc(C2CC(C)(C)CC(C)(C)C2)cc1)NC(C)C1CCCCC1.Cl. The summed E-state index contributed by atoms with van der Waals surface area (Å²) in [6.45, 7) is 16.4. The molecule has 0 aromatic heterocycles. The van der Waals surface area contributed by atoms with Crippen molar-refractivity contribution < 1.29 is 0 Å². The molecule has 0 bridgehead atoms. The fourth-order valence-corrected chi connectivity index (χ4v) is 6.36. The van der Waals surface area contributed by atoms with Crippen LogP contribution in [-0.4, -0.2) is 6.04 Å². The van der Waals surface area contributed by atoms with Gasteiger partial charge in [0, 0.05) is 18.2 Å². The molecule has 1 aromatic rings. The van der Waals surface area contributed by atoms with Crippen molar-refractivity contribution >= 4 is 12.4 Å². The van der Waals surface area contributed by atoms with E-state index in [4.69, 9.17) is 0 Å². The molecule has 0 amide bonds. The minimum absolute atomic E-state index is 0. The Morgan fingerprint density at radius 2 is 1.55 bits per heavy atom. The van der Waals surface area contributed by atoms with E-state index in [9.17, 15) is 0 Å². The number of benzene rings is 1. The Bertz CT molecular complexity index is 636. The van der Waals surface area contributed by atoms with Crippen LogP contribution >= 0.6 is 12.4 Å². The molecule has 1 atom stereocenters. The first-order valence-corrected chi connectivity index (χ1v) is 11.7. The van der Waals surface area contributed by atoms with E-state index in [0.29, 0.717) is 22.8 Å². The molecule has 1 nitrogen and oxygen atoms in total. The van der Waals surface area contributed by atoms with Crippen molar-refractivity contribution in [2.24, 2.45) is 16.7 Å². The molecule has 2 aliphatic rings. The maximum atomic E-state index is 4.32. The highest BCUT2D eigenvalue weighted by atomic mass is 35.5. The van der Waals surface area contributed by atoms with Crippen molar-refractivity contribution in [2.45, 2.75) is 104 Å². The molecule has 0 heterocycles. The number of rotatable bonds is 6. The highest BCUT2D eigenvalue weighted by molar-refractivity contribution is 5.85. The second kappa shape index (κ2) is 9.90. The van der Waals surface area contributed by atoms with E-state index in [1.807, 2.05) is 0 Å². The molecule has 0 spiro atoms. The molecule has 0 saturated heterocycles. The summed E-state index contributed by atoms with van der Waals surface area (Å²) in [6, 6.07) is 9.99. The number of halogens is 1. The zero-order valence-electron chi connectivity index (χ0n) is 19.5. The molecule has 2 heteroatoms. The van der Waals surface area contributed by atoms with Crippen molar-refractivity contribution in [3.8, 4) is 0 Å². The maximum Gasteiger partial charge on any atom is 0.0258 e. The maximum absolute atomic E-state index is 4.32. The predicted octanol–water partition coefficient (Wildman–Crippen LogP) is 8.04. The summed E-state index contributed by atoms with van der Waals surface area (Å²) in [6.07, 6.45) is 11.9. The third kappa shape index (κ3) is 7.06. The van der Waals surface area contributed by atoms with Gasteiger partial charge in [0.2, 0.25) is 0 Å². The highest BCUT2D eigenvalue weighted by Crippen LogP contribution is 2.51. The summed E-state index contributed by atoms with van der Waals surface area (Å²) in [5, 5.41) is 3.70. The quantitative estimate of drug-likeness (QED) is 0.493. The lowest BCUT2D eigenvalue weighted by molar-refractivity contribution is 0.0969. The van der Waals surface area contributed by atoms with Gasteiger partial charge in [0.05, 0.1) is 0 Å². The van der Waals surface area contributed by atoms with Gasteiger partial charge >= 0.3 is 0 Å². The molecule has 1 aromatic carbocycles. The van der Waals surface area contributed by atoms with E-state index >= 15 is 0 Å². The first-order valence-electron chi connectivity index (χ1n) is 11.7. The molecular weight excluding hydrogens is 374 g/mol. The van der Waals surface area contributed by atoms with Crippen LogP contribution in [-0.2, 0) is 6.42 Å². The Morgan fingerprint density at radius 3 is 2.10 bits per heavy atom. The largest absolute Gasteiger partial charge is 0.386 e. The van der Waals surface area contributed by atoms with Gasteiger partial charge in [-0.1, -0.05) is 77.8 Å². The molecule has 3 rings (SSSR count). The summed E-state index contributed by atoms with van der Waals surface area (Å²) in [5.74, 6) is 1.52. The molecule has 2 aliphatic carbocycles. The Kier molecular flexibility index (Phi) is 8.31. The summed E-state index contributed by atoms with van der Waals surface area (Å²) < 4.78 is 0. The first kappa shape index (κ1) is 24.3. The van der Waals surface area contributed by atoms with E-state index in [0.717, 1.165) is 12.3 Å². The van der Waals surface area contributed by atoms with Gasteiger partial charge in [0.25, 0.3) is 0 Å². The number of hydrogen-bond acceptors (Lipinski definition) is 1. The highest BCUT2D eigenvalue weighted by Gasteiger charge is 2.38. The van der Waals surface area contributed by atoms with Crippen molar-refractivity contribution in [2.75, 3.05) is 0 Å². The minimum atomic E-state index is 0. The Labute approximate surface area is 186 Å². The third-order valence-electron chi connectivity index (χ3n) is 7.21. The summed E-state index contributed by atoms with van der Waals surface area (Å²) >= 11 is 0. The second-order valence-electron chi connectivity index (χ2n) is 11.5. The lowest BCUT2D eigenvalue weighted by Gasteiger charge is -2.45. The monoisotopic (exact) mass is 417 g/mol. The topological polar surface area (TPSA) is 12.0 Å². The fraction of sp³-hybridized carbons (Fsp3) is 0.704. The molecule has 0 radical (unpaired) electrons. The molecule has 29 heavy (non-hydrogen) atoms. The zero-order chi connectivity index (χ0) is 20.4. The van der Waals surface area contributed by atoms with Crippen LogP contribution in [0.15, 0.2) is 36.5 Å². The smallest absolute Gasteiger partial charge is 0.0258 e. The van der Waals surface area contributed by atoms with Gasteiger partial charge in [-0.25, -0.2) is 0 Å². The predicted molar refractivity (Wildman–Crippen MR) is 130 cm³/mol. The van der Waals surface area contributed by atoms with Gasteiger partial charge in [-0.05, 0) is 72.8 Å². The average Bonchev–Trinajstić information content (AvgIpc) is 2.60. The molecule has 164 valence electrons. The average molecular weight is 418 g/mol. The molecular formula is C27H44ClN. The fourth-order valence-electron chi connectivity index (χ4n) is 6.36. The van der Waals surface area contributed by atoms with Crippen LogP contribution < -0.4 is 5.32 Å². The van der Waals surface area contributed by atoms with Gasteiger partial charge < -0.3 is 5.32 Å². The van der Waals surface area contributed by atoms with E-state index in [2.05, 4.69) is 70.8 Å². The normalized spacial score (nSPS) is 23.1. The third-order valence-corrected chi connectivity index (χ3v) is 7.21. The second-order valence-corrected chi connectivity index (χ2v) is 11.5. The van der Waals surface area contributed by atoms with Crippen molar-refractivity contribution in [3.63, 3.8) is 0 Å². The van der Waals surface area contributed by atoms with Crippen LogP contribution in [0.4, 0.5) is 0 Å². The van der Waals surface area contributed by atoms with Crippen LogP contribution in [0.25, 0.3) is 0 Å². The van der Waals surface area contributed by atoms with Gasteiger partial charge in [-0.2, -0.15) is 0 Å². The Morgan fingerprint density at radius 1 is 1.00 bits per heavy atom. The number of hydrogen-bond donors (Lipinski definition) is 1. The molecule has 2 fully saturated rings.